The lowest BCUT2D eigenvalue weighted by molar-refractivity contribution is 0.405. The normalized spacial score (nSPS) is 11.0. The summed E-state index contributed by atoms with van der Waals surface area (Å²) in [4.78, 5) is 4.57. The van der Waals surface area contributed by atoms with Crippen molar-refractivity contribution in [3.63, 3.8) is 0 Å². The second-order valence-electron chi connectivity index (χ2n) is 5.41. The van der Waals surface area contributed by atoms with E-state index < -0.39 is 0 Å². The average molecular weight is 398 g/mol. The molecule has 0 amide bonds. The number of nitriles is 1. The molecule has 3 aromatic rings. The van der Waals surface area contributed by atoms with E-state index in [1.807, 2.05) is 35.7 Å². The number of hydrogen-bond donors (Lipinski definition) is 1. The number of hydrogen-bond acceptors (Lipinski definition) is 6. The van der Waals surface area contributed by atoms with E-state index in [-0.39, 0.29) is 0 Å². The Morgan fingerprint density at radius 2 is 1.93 bits per heavy atom. The van der Waals surface area contributed by atoms with E-state index in [4.69, 9.17) is 21.1 Å². The molecule has 0 aliphatic carbocycles. The standard InChI is InChI=1S/C20H16ClN3O2S/c1-25-18-9-16(19(26-2)8-15(18)21)23-11-14(10-22)20-24-17(12-27-20)13-6-4-3-5-7-13/h3-9,11-12,23H,1-2H3. The highest BCUT2D eigenvalue weighted by Gasteiger charge is 2.12. The highest BCUT2D eigenvalue weighted by atomic mass is 35.5. The molecular formula is C20H16ClN3O2S. The maximum absolute atomic E-state index is 9.54. The van der Waals surface area contributed by atoms with Gasteiger partial charge < -0.3 is 14.8 Å². The predicted molar refractivity (Wildman–Crippen MR) is 109 cm³/mol. The topological polar surface area (TPSA) is 67.2 Å². The van der Waals surface area contributed by atoms with Crippen molar-refractivity contribution in [2.45, 2.75) is 0 Å². The number of benzene rings is 2. The molecule has 0 unspecified atom stereocenters. The summed E-state index contributed by atoms with van der Waals surface area (Å²) < 4.78 is 10.6. The molecule has 2 aromatic carbocycles. The van der Waals surface area contributed by atoms with Gasteiger partial charge in [0.05, 0.1) is 30.6 Å². The summed E-state index contributed by atoms with van der Waals surface area (Å²) in [5.41, 5.74) is 2.89. The molecule has 0 spiro atoms. The van der Waals surface area contributed by atoms with E-state index in [0.717, 1.165) is 11.3 Å². The third-order valence-corrected chi connectivity index (χ3v) is 4.94. The lowest BCUT2D eigenvalue weighted by Gasteiger charge is -2.12. The van der Waals surface area contributed by atoms with Gasteiger partial charge in [-0.15, -0.1) is 11.3 Å². The number of rotatable bonds is 6. The van der Waals surface area contributed by atoms with Gasteiger partial charge in [0.15, 0.2) is 0 Å². The van der Waals surface area contributed by atoms with Gasteiger partial charge >= 0.3 is 0 Å². The fraction of sp³-hybridized carbons (Fsp3) is 0.100. The number of thiazole rings is 1. The number of halogens is 1. The Balaban J connectivity index is 1.88. The molecule has 0 fully saturated rings. The van der Waals surface area contributed by atoms with Crippen LogP contribution in [0.4, 0.5) is 5.69 Å². The van der Waals surface area contributed by atoms with Crippen LogP contribution in [0.2, 0.25) is 5.02 Å². The number of anilines is 1. The van der Waals surface area contributed by atoms with Crippen LogP contribution in [0.3, 0.4) is 0 Å². The van der Waals surface area contributed by atoms with E-state index in [1.165, 1.54) is 18.4 Å². The zero-order chi connectivity index (χ0) is 19.2. The Labute approximate surface area is 166 Å². The highest BCUT2D eigenvalue weighted by Crippen LogP contribution is 2.36. The van der Waals surface area contributed by atoms with E-state index in [1.54, 1.807) is 25.4 Å². The Morgan fingerprint density at radius 1 is 1.19 bits per heavy atom. The molecule has 0 bridgehead atoms. The number of ether oxygens (including phenoxy) is 2. The van der Waals surface area contributed by atoms with Crippen LogP contribution >= 0.6 is 22.9 Å². The monoisotopic (exact) mass is 397 g/mol. The van der Waals surface area contributed by atoms with Gasteiger partial charge in [0.2, 0.25) is 0 Å². The summed E-state index contributed by atoms with van der Waals surface area (Å²) >= 11 is 7.53. The predicted octanol–water partition coefficient (Wildman–Crippen LogP) is 5.46. The molecule has 0 saturated heterocycles. The molecule has 27 heavy (non-hydrogen) atoms. The van der Waals surface area contributed by atoms with Crippen molar-refractivity contribution in [2.75, 3.05) is 19.5 Å². The molecule has 3 rings (SSSR count). The van der Waals surface area contributed by atoms with Crippen molar-refractivity contribution in [3.8, 4) is 28.8 Å². The van der Waals surface area contributed by atoms with Crippen LogP contribution in [0.15, 0.2) is 54.0 Å². The average Bonchev–Trinajstić information content (AvgIpc) is 3.19. The molecular weight excluding hydrogens is 382 g/mol. The van der Waals surface area contributed by atoms with Crippen molar-refractivity contribution < 1.29 is 9.47 Å². The SMILES string of the molecule is COc1cc(NC=C(C#N)c2nc(-c3ccccc3)cs2)c(OC)cc1Cl. The van der Waals surface area contributed by atoms with Crippen molar-refractivity contribution >= 4 is 34.2 Å². The molecule has 1 heterocycles. The molecule has 5 nitrogen and oxygen atoms in total. The van der Waals surface area contributed by atoms with Crippen molar-refractivity contribution in [2.24, 2.45) is 0 Å². The largest absolute Gasteiger partial charge is 0.495 e. The van der Waals surface area contributed by atoms with E-state index in [2.05, 4.69) is 16.4 Å². The number of allylic oxidation sites excluding steroid dienone is 1. The van der Waals surface area contributed by atoms with E-state index in [9.17, 15) is 5.26 Å². The summed E-state index contributed by atoms with van der Waals surface area (Å²) in [5.74, 6) is 1.05. The molecule has 0 radical (unpaired) electrons. The smallest absolute Gasteiger partial charge is 0.144 e. The lowest BCUT2D eigenvalue weighted by atomic mass is 10.2. The summed E-state index contributed by atoms with van der Waals surface area (Å²) in [5, 5.41) is 15.6. The maximum atomic E-state index is 9.54. The van der Waals surface area contributed by atoms with Crippen LogP contribution in [-0.4, -0.2) is 19.2 Å². The minimum Gasteiger partial charge on any atom is -0.495 e. The van der Waals surface area contributed by atoms with Crippen molar-refractivity contribution in [1.29, 1.82) is 5.26 Å². The lowest BCUT2D eigenvalue weighted by Crippen LogP contribution is -1.96. The second-order valence-corrected chi connectivity index (χ2v) is 6.67. The minimum atomic E-state index is 0.415. The first kappa shape index (κ1) is 18.8. The fourth-order valence-corrected chi connectivity index (χ4v) is 3.43. The molecule has 0 saturated carbocycles. The number of nitrogens with one attached hydrogen (secondary N) is 1. The molecule has 7 heteroatoms. The molecule has 1 N–H and O–H groups in total. The van der Waals surface area contributed by atoms with E-state index >= 15 is 0 Å². The first-order valence-corrected chi connectivity index (χ1v) is 9.21. The Kier molecular flexibility index (Phi) is 5.97. The van der Waals surface area contributed by atoms with Crippen LogP contribution in [0.25, 0.3) is 16.8 Å². The van der Waals surface area contributed by atoms with Crippen LogP contribution in [-0.2, 0) is 0 Å². The summed E-state index contributed by atoms with van der Waals surface area (Å²) in [6, 6.07) is 15.4. The first-order chi connectivity index (χ1) is 13.2. The third-order valence-electron chi connectivity index (χ3n) is 3.77. The van der Waals surface area contributed by atoms with Gasteiger partial charge in [-0.05, 0) is 0 Å². The molecule has 136 valence electrons. The molecule has 0 aliphatic heterocycles. The van der Waals surface area contributed by atoms with Gasteiger partial charge in [-0.25, -0.2) is 4.98 Å². The fourth-order valence-electron chi connectivity index (χ4n) is 2.40. The van der Waals surface area contributed by atoms with Crippen LogP contribution in [0.5, 0.6) is 11.5 Å². The number of methoxy groups -OCH3 is 2. The van der Waals surface area contributed by atoms with E-state index in [0.29, 0.717) is 32.8 Å². The molecule has 1 aromatic heterocycles. The zero-order valence-electron chi connectivity index (χ0n) is 14.7. The van der Waals surface area contributed by atoms with Crippen molar-refractivity contribution in [1.82, 2.24) is 4.98 Å². The minimum absolute atomic E-state index is 0.415. The van der Waals surface area contributed by atoms with Gasteiger partial charge in [-0.3, -0.25) is 0 Å². The summed E-state index contributed by atoms with van der Waals surface area (Å²) in [7, 11) is 3.08. The highest BCUT2D eigenvalue weighted by molar-refractivity contribution is 7.11. The third kappa shape index (κ3) is 4.22. The molecule has 0 aliphatic rings. The number of nitrogens with zero attached hydrogens (tertiary/aromatic N) is 2. The number of aromatic nitrogens is 1. The second kappa shape index (κ2) is 8.58. The van der Waals surface area contributed by atoms with Crippen LogP contribution in [0, 0.1) is 11.3 Å². The quantitative estimate of drug-likeness (QED) is 0.559. The summed E-state index contributed by atoms with van der Waals surface area (Å²) in [6.45, 7) is 0. The van der Waals surface area contributed by atoms with Gasteiger partial charge in [-0.2, -0.15) is 5.26 Å². The van der Waals surface area contributed by atoms with Gasteiger partial charge in [0, 0.05) is 29.3 Å². The van der Waals surface area contributed by atoms with Gasteiger partial charge in [0.25, 0.3) is 0 Å². The van der Waals surface area contributed by atoms with Crippen molar-refractivity contribution in [3.05, 3.63) is 64.1 Å². The summed E-state index contributed by atoms with van der Waals surface area (Å²) in [6.07, 6.45) is 1.60. The molecule has 0 atom stereocenters. The maximum Gasteiger partial charge on any atom is 0.144 e. The van der Waals surface area contributed by atoms with Gasteiger partial charge in [0.1, 0.15) is 28.1 Å². The van der Waals surface area contributed by atoms with Crippen LogP contribution in [0.1, 0.15) is 5.01 Å². The first-order valence-electron chi connectivity index (χ1n) is 7.96. The van der Waals surface area contributed by atoms with Gasteiger partial charge in [-0.1, -0.05) is 41.9 Å². The van der Waals surface area contributed by atoms with Crippen LogP contribution < -0.4 is 14.8 Å². The Morgan fingerprint density at radius 3 is 2.59 bits per heavy atom. The Hall–Kier alpha value is -3.01. The Bertz CT molecular complexity index is 1010. The zero-order valence-corrected chi connectivity index (χ0v) is 16.3.